The Morgan fingerprint density at radius 3 is 2.83 bits per heavy atom. The average molecular weight is 253 g/mol. The number of H-pyrrole nitrogens is 1. The van der Waals surface area contributed by atoms with Gasteiger partial charge in [0, 0.05) is 16.3 Å². The molecule has 4 rings (SSSR count). The summed E-state index contributed by atoms with van der Waals surface area (Å²) in [4.78, 5) is 8.04. The van der Waals surface area contributed by atoms with Gasteiger partial charge in [-0.05, 0) is 24.3 Å². The molecule has 0 unspecified atom stereocenters. The number of aromatic nitrogens is 2. The maximum atomic E-state index is 6.27. The van der Waals surface area contributed by atoms with E-state index in [1.54, 1.807) is 0 Å². The van der Waals surface area contributed by atoms with Gasteiger partial charge in [-0.15, -0.1) is 0 Å². The highest BCUT2D eigenvalue weighted by molar-refractivity contribution is 6.36. The molecule has 2 aromatic carbocycles. The number of nitrogens with one attached hydrogen (secondary N) is 1. The second-order valence-electron chi connectivity index (χ2n) is 4.36. The van der Waals surface area contributed by atoms with E-state index in [0.717, 1.165) is 38.2 Å². The molecule has 86 valence electrons. The van der Waals surface area contributed by atoms with E-state index in [-0.39, 0.29) is 0 Å². The number of hydrogen-bond donors (Lipinski definition) is 1. The minimum Gasteiger partial charge on any atom is -0.353 e. The molecule has 0 saturated carbocycles. The van der Waals surface area contributed by atoms with Crippen LogP contribution in [0.3, 0.4) is 0 Å². The van der Waals surface area contributed by atoms with E-state index in [9.17, 15) is 0 Å². The van der Waals surface area contributed by atoms with Gasteiger partial charge in [0.05, 0.1) is 21.9 Å². The maximum Gasteiger partial charge on any atom is 0.0886 e. The number of hydrogen-bond acceptors (Lipinski definition) is 1. The summed E-state index contributed by atoms with van der Waals surface area (Å²) in [6.07, 6.45) is 0. The number of pyridine rings is 1. The first-order valence-corrected chi connectivity index (χ1v) is 6.16. The zero-order valence-corrected chi connectivity index (χ0v) is 10.2. The Balaban J connectivity index is 2.26. The second kappa shape index (κ2) is 3.47. The summed E-state index contributed by atoms with van der Waals surface area (Å²) in [5.74, 6) is 0. The normalized spacial score (nSPS) is 11.6. The Morgan fingerprint density at radius 1 is 1.00 bits per heavy atom. The summed E-state index contributed by atoms with van der Waals surface area (Å²) < 4.78 is 0. The van der Waals surface area contributed by atoms with Crippen molar-refractivity contribution < 1.29 is 0 Å². The first-order valence-electron chi connectivity index (χ1n) is 5.78. The lowest BCUT2D eigenvalue weighted by Gasteiger charge is -2.03. The molecule has 0 radical (unpaired) electrons. The van der Waals surface area contributed by atoms with Crippen LogP contribution in [0.15, 0.2) is 48.5 Å². The fraction of sp³-hybridized carbons (Fsp3) is 0. The van der Waals surface area contributed by atoms with E-state index in [4.69, 9.17) is 11.6 Å². The third-order valence-electron chi connectivity index (χ3n) is 3.25. The topological polar surface area (TPSA) is 28.7 Å². The molecule has 3 heteroatoms. The van der Waals surface area contributed by atoms with Crippen LogP contribution in [0, 0.1) is 0 Å². The van der Waals surface area contributed by atoms with Crippen LogP contribution in [0.5, 0.6) is 0 Å². The van der Waals surface area contributed by atoms with Gasteiger partial charge in [-0.25, -0.2) is 4.98 Å². The van der Waals surface area contributed by atoms with E-state index < -0.39 is 0 Å². The van der Waals surface area contributed by atoms with E-state index >= 15 is 0 Å². The number of para-hydroxylation sites is 1. The highest BCUT2D eigenvalue weighted by Gasteiger charge is 2.15. The van der Waals surface area contributed by atoms with Gasteiger partial charge < -0.3 is 4.98 Å². The molecule has 2 aliphatic heterocycles. The van der Waals surface area contributed by atoms with Crippen molar-refractivity contribution in [3.05, 3.63) is 53.6 Å². The van der Waals surface area contributed by atoms with Gasteiger partial charge in [-0.1, -0.05) is 35.9 Å². The first kappa shape index (κ1) is 9.92. The summed E-state index contributed by atoms with van der Waals surface area (Å²) >= 11 is 6.27. The molecule has 0 bridgehead atoms. The van der Waals surface area contributed by atoms with Crippen molar-refractivity contribution in [1.29, 1.82) is 0 Å². The quantitative estimate of drug-likeness (QED) is 0.491. The number of benzene rings is 2. The van der Waals surface area contributed by atoms with Crippen molar-refractivity contribution in [2.75, 3.05) is 0 Å². The molecular formula is C15H9ClN2. The predicted octanol–water partition coefficient (Wildman–Crippen LogP) is 4.47. The summed E-state index contributed by atoms with van der Waals surface area (Å²) in [7, 11) is 0. The first-order chi connectivity index (χ1) is 8.83. The molecule has 0 amide bonds. The second-order valence-corrected chi connectivity index (χ2v) is 4.77. The molecule has 0 saturated heterocycles. The minimum absolute atomic E-state index is 0.738. The molecular weight excluding hydrogens is 244 g/mol. The van der Waals surface area contributed by atoms with Crippen molar-refractivity contribution in [2.45, 2.75) is 0 Å². The van der Waals surface area contributed by atoms with Crippen LogP contribution in [-0.4, -0.2) is 9.97 Å². The standard InChI is InChI=1S/C15H9ClN2/c16-10-5-3-7-12-14(10)15-13(17-12)8-9-4-1-2-6-11(9)18-15/h1-8,18H. The molecule has 0 atom stereocenters. The molecule has 18 heavy (non-hydrogen) atoms. The Hall–Kier alpha value is -2.06. The zero-order valence-electron chi connectivity index (χ0n) is 9.44. The number of rotatable bonds is 0. The fourth-order valence-corrected chi connectivity index (χ4v) is 2.68. The minimum atomic E-state index is 0.738. The molecule has 1 N–H and O–H groups in total. The highest BCUT2D eigenvalue weighted by atomic mass is 35.5. The summed E-state index contributed by atoms with van der Waals surface area (Å²) in [6.45, 7) is 0. The van der Waals surface area contributed by atoms with Crippen LogP contribution >= 0.6 is 11.6 Å². The van der Waals surface area contributed by atoms with Crippen molar-refractivity contribution in [3.63, 3.8) is 0 Å². The molecule has 2 nitrogen and oxygen atoms in total. The molecule has 0 aliphatic carbocycles. The largest absolute Gasteiger partial charge is 0.353 e. The SMILES string of the molecule is Clc1cccc2nc3cc4ccccc4[nH]c-3c12. The smallest absolute Gasteiger partial charge is 0.0886 e. The Bertz CT molecular complexity index is 848. The monoisotopic (exact) mass is 252 g/mol. The van der Waals surface area contributed by atoms with Crippen LogP contribution in [-0.2, 0) is 0 Å². The summed E-state index contributed by atoms with van der Waals surface area (Å²) in [6, 6.07) is 16.1. The van der Waals surface area contributed by atoms with Crippen molar-refractivity contribution in [3.8, 4) is 11.4 Å². The molecule has 0 fully saturated rings. The summed E-state index contributed by atoms with van der Waals surface area (Å²) in [5, 5.41) is 2.89. The number of fused-ring (bicyclic) bond motifs is 4. The van der Waals surface area contributed by atoms with E-state index in [0.29, 0.717) is 0 Å². The number of aromatic amines is 1. The third-order valence-corrected chi connectivity index (χ3v) is 3.57. The van der Waals surface area contributed by atoms with Crippen molar-refractivity contribution >= 4 is 33.4 Å². The number of nitrogens with zero attached hydrogens (tertiary/aromatic N) is 1. The number of halogens is 1. The lowest BCUT2D eigenvalue weighted by molar-refractivity contribution is 1.37. The maximum absolute atomic E-state index is 6.27. The van der Waals surface area contributed by atoms with Crippen LogP contribution in [0.4, 0.5) is 0 Å². The van der Waals surface area contributed by atoms with E-state index in [2.05, 4.69) is 28.2 Å². The summed E-state index contributed by atoms with van der Waals surface area (Å²) in [5.41, 5.74) is 3.99. The molecule has 0 spiro atoms. The molecule has 2 aromatic rings. The fourth-order valence-electron chi connectivity index (χ4n) is 2.42. The molecule has 2 aliphatic rings. The Labute approximate surface area is 109 Å². The van der Waals surface area contributed by atoms with Crippen LogP contribution in [0.2, 0.25) is 5.02 Å². The lowest BCUT2D eigenvalue weighted by atomic mass is 10.1. The predicted molar refractivity (Wildman–Crippen MR) is 75.2 cm³/mol. The van der Waals surface area contributed by atoms with Gasteiger partial charge in [0.25, 0.3) is 0 Å². The molecule has 0 aromatic heterocycles. The van der Waals surface area contributed by atoms with Gasteiger partial charge in [-0.2, -0.15) is 0 Å². The van der Waals surface area contributed by atoms with Gasteiger partial charge >= 0.3 is 0 Å². The van der Waals surface area contributed by atoms with Gasteiger partial charge in [0.15, 0.2) is 0 Å². The van der Waals surface area contributed by atoms with E-state index in [1.165, 1.54) is 0 Å². The van der Waals surface area contributed by atoms with Crippen LogP contribution in [0.1, 0.15) is 0 Å². The average Bonchev–Trinajstić information content (AvgIpc) is 2.74. The highest BCUT2D eigenvalue weighted by Crippen LogP contribution is 2.35. The van der Waals surface area contributed by atoms with Gasteiger partial charge in [0.1, 0.15) is 0 Å². The van der Waals surface area contributed by atoms with E-state index in [1.807, 2.05) is 30.3 Å². The zero-order chi connectivity index (χ0) is 12.1. The van der Waals surface area contributed by atoms with Gasteiger partial charge in [-0.3, -0.25) is 0 Å². The van der Waals surface area contributed by atoms with Crippen LogP contribution in [0.25, 0.3) is 33.2 Å². The molecule has 2 heterocycles. The van der Waals surface area contributed by atoms with Crippen molar-refractivity contribution in [1.82, 2.24) is 9.97 Å². The Kier molecular flexibility index (Phi) is 1.91. The third kappa shape index (κ3) is 1.27. The van der Waals surface area contributed by atoms with Crippen molar-refractivity contribution in [2.24, 2.45) is 0 Å². The lowest BCUT2D eigenvalue weighted by Crippen LogP contribution is -1.85. The Morgan fingerprint density at radius 2 is 1.89 bits per heavy atom. The van der Waals surface area contributed by atoms with Gasteiger partial charge in [0.2, 0.25) is 0 Å². The van der Waals surface area contributed by atoms with Crippen LogP contribution < -0.4 is 0 Å².